The summed E-state index contributed by atoms with van der Waals surface area (Å²) in [5.41, 5.74) is 3.89. The number of esters is 1. The summed E-state index contributed by atoms with van der Waals surface area (Å²) >= 11 is 0. The van der Waals surface area contributed by atoms with Crippen LogP contribution in [0.25, 0.3) is 10.9 Å². The second-order valence-corrected chi connectivity index (χ2v) is 11.8. The summed E-state index contributed by atoms with van der Waals surface area (Å²) in [5.74, 6) is -1.25. The lowest BCUT2D eigenvalue weighted by molar-refractivity contribution is -0.168. The van der Waals surface area contributed by atoms with Gasteiger partial charge in [0.15, 0.2) is 6.04 Å². The van der Waals surface area contributed by atoms with Crippen molar-refractivity contribution in [2.24, 2.45) is 11.8 Å². The van der Waals surface area contributed by atoms with Crippen LogP contribution in [0.15, 0.2) is 54.6 Å². The monoisotopic (exact) mass is 513 g/mol. The average Bonchev–Trinajstić information content (AvgIpc) is 3.30. The van der Waals surface area contributed by atoms with Crippen LogP contribution in [0.5, 0.6) is 0 Å². The highest BCUT2D eigenvalue weighted by atomic mass is 16.5. The normalized spacial score (nSPS) is 27.4. The molecule has 5 atom stereocenters. The summed E-state index contributed by atoms with van der Waals surface area (Å²) in [6.45, 7) is 7.04. The van der Waals surface area contributed by atoms with Gasteiger partial charge in [0.2, 0.25) is 0 Å². The Morgan fingerprint density at radius 3 is 2.55 bits per heavy atom. The fourth-order valence-corrected chi connectivity index (χ4v) is 7.03. The number of nitrogens with one attached hydrogen (secondary N) is 2. The van der Waals surface area contributed by atoms with E-state index in [1.165, 1.54) is 10.5 Å². The number of amides is 2. The number of carbonyl (C=O) groups is 3. The van der Waals surface area contributed by atoms with Crippen LogP contribution in [-0.2, 0) is 31.0 Å². The van der Waals surface area contributed by atoms with Gasteiger partial charge in [-0.25, -0.2) is 4.79 Å². The molecule has 1 saturated carbocycles. The van der Waals surface area contributed by atoms with Crippen molar-refractivity contribution in [2.45, 2.75) is 70.1 Å². The minimum Gasteiger partial charge on any atom is -0.460 e. The second-order valence-electron chi connectivity index (χ2n) is 11.8. The Balaban J connectivity index is 1.33. The summed E-state index contributed by atoms with van der Waals surface area (Å²) in [4.78, 5) is 44.5. The van der Waals surface area contributed by atoms with Gasteiger partial charge in [-0.2, -0.15) is 0 Å². The van der Waals surface area contributed by atoms with E-state index >= 15 is 0 Å². The fourth-order valence-electron chi connectivity index (χ4n) is 7.03. The van der Waals surface area contributed by atoms with Crippen molar-refractivity contribution in [3.63, 3.8) is 0 Å². The van der Waals surface area contributed by atoms with Crippen LogP contribution in [0.3, 0.4) is 0 Å². The van der Waals surface area contributed by atoms with Gasteiger partial charge in [-0.1, -0.05) is 75.7 Å². The molecule has 0 bridgehead atoms. The lowest BCUT2D eigenvalue weighted by Crippen LogP contribution is -2.64. The van der Waals surface area contributed by atoms with Gasteiger partial charge in [-0.15, -0.1) is 0 Å². The number of fused-ring (bicyclic) bond motifs is 5. The largest absolute Gasteiger partial charge is 0.460 e. The van der Waals surface area contributed by atoms with Gasteiger partial charge in [0.05, 0.1) is 0 Å². The molecule has 1 aromatic heterocycles. The highest BCUT2D eigenvalue weighted by molar-refractivity contribution is 6.36. The number of hydrogen-bond donors (Lipinski definition) is 2. The highest BCUT2D eigenvalue weighted by Gasteiger charge is 2.50. The third-order valence-electron chi connectivity index (χ3n) is 9.16. The van der Waals surface area contributed by atoms with E-state index in [-0.39, 0.29) is 17.4 Å². The lowest BCUT2D eigenvalue weighted by Gasteiger charge is -2.46. The highest BCUT2D eigenvalue weighted by Crippen LogP contribution is 2.44. The van der Waals surface area contributed by atoms with E-state index in [1.807, 2.05) is 36.4 Å². The Morgan fingerprint density at radius 1 is 1.03 bits per heavy atom. The number of benzene rings is 2. The van der Waals surface area contributed by atoms with Crippen LogP contribution in [-0.4, -0.2) is 46.4 Å². The molecular formula is C31H35N3O4. The molecule has 2 amide bonds. The number of ether oxygens (including phenoxy) is 1. The maximum atomic E-state index is 13.9. The van der Waals surface area contributed by atoms with Crippen LogP contribution in [0.2, 0.25) is 0 Å². The van der Waals surface area contributed by atoms with Crippen molar-refractivity contribution < 1.29 is 19.1 Å². The molecule has 2 fully saturated rings. The molecule has 3 aromatic rings. The quantitative estimate of drug-likeness (QED) is 0.399. The zero-order valence-corrected chi connectivity index (χ0v) is 22.2. The van der Waals surface area contributed by atoms with Crippen molar-refractivity contribution in [1.82, 2.24) is 15.2 Å². The second kappa shape index (κ2) is 9.29. The number of aromatic amines is 1. The first kappa shape index (κ1) is 24.7. The van der Waals surface area contributed by atoms with Crippen molar-refractivity contribution in [3.05, 3.63) is 71.4 Å². The van der Waals surface area contributed by atoms with Gasteiger partial charge in [-0.05, 0) is 47.8 Å². The predicted molar refractivity (Wildman–Crippen MR) is 144 cm³/mol. The fraction of sp³-hybridized carbons (Fsp3) is 0.452. The zero-order valence-electron chi connectivity index (χ0n) is 22.2. The van der Waals surface area contributed by atoms with Crippen LogP contribution in [0.1, 0.15) is 62.9 Å². The van der Waals surface area contributed by atoms with E-state index < -0.39 is 29.9 Å². The van der Waals surface area contributed by atoms with Crippen molar-refractivity contribution in [1.29, 1.82) is 0 Å². The summed E-state index contributed by atoms with van der Waals surface area (Å²) in [6, 6.07) is 16.8. The Kier molecular flexibility index (Phi) is 6.04. The first-order valence-electron chi connectivity index (χ1n) is 13.7. The molecule has 1 aliphatic carbocycles. The van der Waals surface area contributed by atoms with Crippen molar-refractivity contribution in [2.75, 3.05) is 6.54 Å². The molecule has 3 heterocycles. The van der Waals surface area contributed by atoms with Crippen LogP contribution >= 0.6 is 0 Å². The molecule has 0 radical (unpaired) electrons. The molecule has 0 unspecified atom stereocenters. The maximum absolute atomic E-state index is 13.9. The van der Waals surface area contributed by atoms with Gasteiger partial charge in [0.25, 0.3) is 0 Å². The van der Waals surface area contributed by atoms with Crippen molar-refractivity contribution >= 4 is 28.7 Å². The number of para-hydroxylation sites is 1. The maximum Gasteiger partial charge on any atom is 0.331 e. The number of nitrogens with zero attached hydrogens (tertiary/aromatic N) is 1. The summed E-state index contributed by atoms with van der Waals surface area (Å²) in [7, 11) is 0. The molecule has 3 aliphatic rings. The Labute approximate surface area is 222 Å². The average molecular weight is 514 g/mol. The Bertz CT molecular complexity index is 1390. The number of hydrogen-bond acceptors (Lipinski definition) is 4. The van der Waals surface area contributed by atoms with Gasteiger partial charge in [-0.3, -0.25) is 9.59 Å². The summed E-state index contributed by atoms with van der Waals surface area (Å²) in [6.07, 6.45) is 3.16. The number of H-pyrrole nitrogens is 1. The van der Waals surface area contributed by atoms with E-state index in [2.05, 4.69) is 49.3 Å². The third-order valence-corrected chi connectivity index (χ3v) is 9.16. The molecule has 0 spiro atoms. The summed E-state index contributed by atoms with van der Waals surface area (Å²) < 4.78 is 6.34. The van der Waals surface area contributed by atoms with Crippen LogP contribution in [0, 0.1) is 11.8 Å². The molecule has 38 heavy (non-hydrogen) atoms. The lowest BCUT2D eigenvalue weighted by atomic mass is 9.64. The molecule has 7 nitrogen and oxygen atoms in total. The standard InChI is InChI=1S/C31H35N3O4/c1-18-13-14-22(31(2,3)19-9-5-4-6-10-19)24(17-18)38-30(37)26-27-25-21(20-11-7-8-12-23(20)32-25)15-16-34(27)29(36)28(35)33-26/h4-12,18,22,24,26-27,32H,13-17H2,1-3H3,(H,33,35)/t18-,22-,24-,26+,27-/m1/s1. The number of piperazine rings is 1. The number of rotatable bonds is 4. The molecular weight excluding hydrogens is 478 g/mol. The minimum absolute atomic E-state index is 0.136. The molecule has 198 valence electrons. The Morgan fingerprint density at radius 2 is 1.76 bits per heavy atom. The molecule has 2 aliphatic heterocycles. The first-order valence-corrected chi connectivity index (χ1v) is 13.7. The first-order chi connectivity index (χ1) is 18.3. The van der Waals surface area contributed by atoms with Crippen molar-refractivity contribution in [3.8, 4) is 0 Å². The molecule has 6 rings (SSSR count). The Hall–Kier alpha value is -3.61. The topological polar surface area (TPSA) is 91.5 Å². The van der Waals surface area contributed by atoms with Gasteiger partial charge < -0.3 is 19.9 Å². The van der Waals surface area contributed by atoms with E-state index in [4.69, 9.17) is 4.74 Å². The van der Waals surface area contributed by atoms with E-state index in [0.29, 0.717) is 18.9 Å². The van der Waals surface area contributed by atoms with E-state index in [9.17, 15) is 14.4 Å². The van der Waals surface area contributed by atoms with Gasteiger partial charge >= 0.3 is 17.8 Å². The minimum atomic E-state index is -0.968. The molecule has 1 saturated heterocycles. The zero-order chi connectivity index (χ0) is 26.6. The molecule has 2 N–H and O–H groups in total. The third kappa shape index (κ3) is 3.99. The van der Waals surface area contributed by atoms with Crippen LogP contribution in [0.4, 0.5) is 0 Å². The molecule has 2 aromatic carbocycles. The van der Waals surface area contributed by atoms with E-state index in [0.717, 1.165) is 41.4 Å². The van der Waals surface area contributed by atoms with Gasteiger partial charge in [0.1, 0.15) is 12.1 Å². The van der Waals surface area contributed by atoms with E-state index in [1.54, 1.807) is 0 Å². The smallest absolute Gasteiger partial charge is 0.331 e. The predicted octanol–water partition coefficient (Wildman–Crippen LogP) is 4.42. The number of aromatic nitrogens is 1. The van der Waals surface area contributed by atoms with Gasteiger partial charge in [0, 0.05) is 29.1 Å². The number of carbonyl (C=O) groups excluding carboxylic acids is 3. The molecule has 7 heteroatoms. The summed E-state index contributed by atoms with van der Waals surface area (Å²) in [5, 5.41) is 3.80. The SMILES string of the molecule is C[C@@H]1CC[C@@H](C(C)(C)c2ccccc2)[C@H](OC(=O)[C@H]2NC(=O)C(=O)N3CCc4c([nH]c5ccccc45)[C@H]23)C1. The van der Waals surface area contributed by atoms with Crippen LogP contribution < -0.4 is 5.32 Å².